The van der Waals surface area contributed by atoms with Gasteiger partial charge in [-0.15, -0.1) is 0 Å². The van der Waals surface area contributed by atoms with E-state index in [2.05, 4.69) is 0 Å². The van der Waals surface area contributed by atoms with Crippen LogP contribution in [0.25, 0.3) is 21.7 Å². The first kappa shape index (κ1) is 17.3. The molecule has 0 fully saturated rings. The van der Waals surface area contributed by atoms with Gasteiger partial charge in [0, 0.05) is 16.8 Å². The Labute approximate surface area is 155 Å². The molecule has 0 saturated carbocycles. The Hall–Kier alpha value is -3.12. The molecule has 0 aliphatic rings. The second-order valence-electron chi connectivity index (χ2n) is 6.38. The second kappa shape index (κ2) is 6.25. The van der Waals surface area contributed by atoms with E-state index in [1.165, 1.54) is 12.1 Å². The minimum Gasteiger partial charge on any atom is -0.423 e. The lowest BCUT2D eigenvalue weighted by molar-refractivity contribution is 0.485. The van der Waals surface area contributed by atoms with Crippen molar-refractivity contribution < 1.29 is 17.0 Å². The molecule has 4 aromatic rings. The van der Waals surface area contributed by atoms with Gasteiger partial charge in [-0.2, -0.15) is 8.42 Å². The van der Waals surface area contributed by atoms with Crippen LogP contribution >= 0.6 is 0 Å². The van der Waals surface area contributed by atoms with E-state index in [1.807, 2.05) is 18.2 Å². The van der Waals surface area contributed by atoms with Crippen molar-refractivity contribution in [1.82, 2.24) is 0 Å². The topological polar surface area (TPSA) is 73.6 Å². The molecule has 136 valence electrons. The van der Waals surface area contributed by atoms with Crippen LogP contribution in [-0.4, -0.2) is 8.42 Å². The molecule has 0 atom stereocenters. The Kier molecular flexibility index (Phi) is 4.00. The van der Waals surface area contributed by atoms with Crippen LogP contribution in [0.15, 0.2) is 74.8 Å². The minimum absolute atomic E-state index is 0.108. The number of hydrogen-bond donors (Lipinski definition) is 0. The predicted octanol–water partition coefficient (Wildman–Crippen LogP) is 4.33. The molecule has 4 rings (SSSR count). The van der Waals surface area contributed by atoms with E-state index >= 15 is 0 Å². The maximum absolute atomic E-state index is 12.9. The monoisotopic (exact) mass is 380 g/mol. The summed E-state index contributed by atoms with van der Waals surface area (Å²) < 4.78 is 36.6. The van der Waals surface area contributed by atoms with Gasteiger partial charge in [0.05, 0.1) is 0 Å². The minimum atomic E-state index is -4.04. The van der Waals surface area contributed by atoms with Gasteiger partial charge < -0.3 is 8.60 Å². The number of fused-ring (bicyclic) bond motifs is 2. The molecular weight excluding hydrogens is 364 g/mol. The average molecular weight is 380 g/mol. The standard InChI is InChI=1S/C21H16O5S/c1-13-11-21(22)25-19-10-14(2)18(12-17(13)19)26-27(23,24)20-9-5-7-15-6-3-4-8-16(15)20/h3-12H,1-2H3. The van der Waals surface area contributed by atoms with Crippen LogP contribution in [0.4, 0.5) is 0 Å². The molecule has 3 aromatic carbocycles. The highest BCUT2D eigenvalue weighted by atomic mass is 32.2. The molecule has 0 amide bonds. The van der Waals surface area contributed by atoms with Gasteiger partial charge >= 0.3 is 15.7 Å². The summed E-state index contributed by atoms with van der Waals surface area (Å²) in [5.41, 5.74) is 1.19. The third kappa shape index (κ3) is 3.08. The summed E-state index contributed by atoms with van der Waals surface area (Å²) in [6.45, 7) is 3.47. The summed E-state index contributed by atoms with van der Waals surface area (Å²) in [5, 5.41) is 2.04. The molecule has 0 unspecified atom stereocenters. The molecule has 0 aliphatic carbocycles. The van der Waals surface area contributed by atoms with Crippen LogP contribution in [0.3, 0.4) is 0 Å². The van der Waals surface area contributed by atoms with Crippen molar-refractivity contribution in [3.05, 3.63) is 82.2 Å². The van der Waals surface area contributed by atoms with E-state index in [9.17, 15) is 13.2 Å². The zero-order chi connectivity index (χ0) is 19.2. The van der Waals surface area contributed by atoms with Gasteiger partial charge in [-0.3, -0.25) is 0 Å². The van der Waals surface area contributed by atoms with Crippen molar-refractivity contribution in [1.29, 1.82) is 0 Å². The van der Waals surface area contributed by atoms with Gasteiger partial charge in [0.2, 0.25) is 0 Å². The Bertz CT molecular complexity index is 1350. The van der Waals surface area contributed by atoms with E-state index in [-0.39, 0.29) is 10.6 Å². The quantitative estimate of drug-likeness (QED) is 0.391. The van der Waals surface area contributed by atoms with E-state index in [4.69, 9.17) is 8.60 Å². The third-order valence-corrected chi connectivity index (χ3v) is 5.76. The molecule has 0 saturated heterocycles. The van der Waals surface area contributed by atoms with Gasteiger partial charge in [-0.05, 0) is 48.6 Å². The van der Waals surface area contributed by atoms with Gasteiger partial charge in [-0.25, -0.2) is 4.79 Å². The smallest absolute Gasteiger partial charge is 0.339 e. The van der Waals surface area contributed by atoms with Crippen molar-refractivity contribution in [2.45, 2.75) is 18.7 Å². The average Bonchev–Trinajstić information content (AvgIpc) is 2.62. The van der Waals surface area contributed by atoms with E-state index in [1.54, 1.807) is 44.2 Å². The third-order valence-electron chi connectivity index (χ3n) is 4.47. The lowest BCUT2D eigenvalue weighted by Gasteiger charge is -2.12. The zero-order valence-corrected chi connectivity index (χ0v) is 15.5. The fourth-order valence-corrected chi connectivity index (χ4v) is 4.32. The van der Waals surface area contributed by atoms with Gasteiger partial charge in [-0.1, -0.05) is 36.4 Å². The van der Waals surface area contributed by atoms with Crippen LogP contribution in [0, 0.1) is 13.8 Å². The summed E-state index contributed by atoms with van der Waals surface area (Å²) in [4.78, 5) is 11.7. The summed E-state index contributed by atoms with van der Waals surface area (Å²) in [6, 6.07) is 16.9. The molecule has 6 heteroatoms. The molecule has 1 heterocycles. The first-order valence-corrected chi connectivity index (χ1v) is 9.73. The highest BCUT2D eigenvalue weighted by Crippen LogP contribution is 2.31. The summed E-state index contributed by atoms with van der Waals surface area (Å²) in [6.07, 6.45) is 0. The molecule has 0 N–H and O–H groups in total. The highest BCUT2D eigenvalue weighted by Gasteiger charge is 2.21. The fourth-order valence-electron chi connectivity index (χ4n) is 3.11. The first-order chi connectivity index (χ1) is 12.8. The molecular formula is C21H16O5S. The van der Waals surface area contributed by atoms with Crippen molar-refractivity contribution in [2.24, 2.45) is 0 Å². The summed E-state index contributed by atoms with van der Waals surface area (Å²) in [5.74, 6) is 0.201. The normalized spacial score (nSPS) is 11.8. The number of rotatable bonds is 3. The predicted molar refractivity (Wildman–Crippen MR) is 104 cm³/mol. The molecule has 0 radical (unpaired) electrons. The van der Waals surface area contributed by atoms with Crippen LogP contribution in [0.1, 0.15) is 11.1 Å². The molecule has 1 aromatic heterocycles. The summed E-state index contributed by atoms with van der Waals surface area (Å²) in [7, 11) is -4.04. The molecule has 5 nitrogen and oxygen atoms in total. The Balaban J connectivity index is 1.85. The molecule has 27 heavy (non-hydrogen) atoms. The van der Waals surface area contributed by atoms with Gasteiger partial charge in [0.15, 0.2) is 0 Å². The Morgan fingerprint density at radius 2 is 1.59 bits per heavy atom. The van der Waals surface area contributed by atoms with Gasteiger partial charge in [0.25, 0.3) is 0 Å². The number of hydrogen-bond acceptors (Lipinski definition) is 5. The van der Waals surface area contributed by atoms with E-state index < -0.39 is 15.7 Å². The lowest BCUT2D eigenvalue weighted by Crippen LogP contribution is -2.11. The van der Waals surface area contributed by atoms with Crippen molar-refractivity contribution in [2.75, 3.05) is 0 Å². The largest absolute Gasteiger partial charge is 0.423 e. The molecule has 0 bridgehead atoms. The second-order valence-corrected chi connectivity index (χ2v) is 7.89. The fraction of sp³-hybridized carbons (Fsp3) is 0.0952. The SMILES string of the molecule is Cc1cc2oc(=O)cc(C)c2cc1OS(=O)(=O)c1cccc2ccccc12. The van der Waals surface area contributed by atoms with Crippen molar-refractivity contribution in [3.8, 4) is 5.75 Å². The van der Waals surface area contributed by atoms with Crippen LogP contribution < -0.4 is 9.81 Å². The molecule has 0 spiro atoms. The van der Waals surface area contributed by atoms with E-state index in [0.717, 1.165) is 5.39 Å². The zero-order valence-electron chi connectivity index (χ0n) is 14.7. The van der Waals surface area contributed by atoms with Crippen LogP contribution in [0.5, 0.6) is 5.75 Å². The Morgan fingerprint density at radius 3 is 2.41 bits per heavy atom. The van der Waals surface area contributed by atoms with Crippen LogP contribution in [0.2, 0.25) is 0 Å². The number of aryl methyl sites for hydroxylation is 2. The maximum atomic E-state index is 12.9. The van der Waals surface area contributed by atoms with Crippen molar-refractivity contribution >= 4 is 31.9 Å². The van der Waals surface area contributed by atoms with Crippen LogP contribution in [-0.2, 0) is 10.1 Å². The number of benzene rings is 3. The maximum Gasteiger partial charge on any atom is 0.339 e. The van der Waals surface area contributed by atoms with Crippen molar-refractivity contribution in [3.63, 3.8) is 0 Å². The molecule has 0 aliphatic heterocycles. The van der Waals surface area contributed by atoms with E-state index in [0.29, 0.717) is 27.5 Å². The van der Waals surface area contributed by atoms with Gasteiger partial charge in [0.1, 0.15) is 16.2 Å². The lowest BCUT2D eigenvalue weighted by atomic mass is 10.1. The summed E-state index contributed by atoms with van der Waals surface area (Å²) >= 11 is 0. The highest BCUT2D eigenvalue weighted by molar-refractivity contribution is 7.87. The first-order valence-electron chi connectivity index (χ1n) is 8.32. The Morgan fingerprint density at radius 1 is 0.852 bits per heavy atom.